The third-order valence-electron chi connectivity index (χ3n) is 3.64. The number of hydrogen-bond acceptors (Lipinski definition) is 3. The summed E-state index contributed by atoms with van der Waals surface area (Å²) >= 11 is 8.31. The Morgan fingerprint density at radius 1 is 1.00 bits per heavy atom. The minimum atomic E-state index is -0.459. The first-order chi connectivity index (χ1) is 11.4. The highest BCUT2D eigenvalue weighted by molar-refractivity contribution is 14.1. The molecule has 0 bridgehead atoms. The molecule has 1 aliphatic carbocycles. The molecule has 0 N–H and O–H groups in total. The fourth-order valence-electron chi connectivity index (χ4n) is 2.62. The fourth-order valence-corrected chi connectivity index (χ4v) is 3.41. The molecular formula is C18H11ClINO3. The monoisotopic (exact) mass is 451 g/mol. The van der Waals surface area contributed by atoms with E-state index in [1.165, 1.54) is 11.8 Å². The summed E-state index contributed by atoms with van der Waals surface area (Å²) in [6.07, 6.45) is 0. The van der Waals surface area contributed by atoms with Crippen molar-refractivity contribution in [3.05, 3.63) is 74.0 Å². The van der Waals surface area contributed by atoms with Crippen LogP contribution in [0.15, 0.2) is 59.3 Å². The van der Waals surface area contributed by atoms with E-state index in [0.717, 1.165) is 3.57 Å². The standard InChI is InChI=1S/C18H11ClINO3/c1-10(22)21(12-6-4-5-11(20)9-12)16-15(19)17(23)13-7-2-3-8-14(13)18(16)24/h2-9H,1H3. The molecule has 0 radical (unpaired) electrons. The molecule has 0 fully saturated rings. The number of amides is 1. The number of benzene rings is 2. The molecule has 2 aromatic rings. The van der Waals surface area contributed by atoms with Crippen LogP contribution in [0.1, 0.15) is 27.6 Å². The average Bonchev–Trinajstić information content (AvgIpc) is 2.56. The number of halogens is 2. The molecule has 1 aliphatic rings. The molecule has 2 aromatic carbocycles. The highest BCUT2D eigenvalue weighted by Crippen LogP contribution is 2.33. The maximum Gasteiger partial charge on any atom is 0.228 e. The van der Waals surface area contributed by atoms with E-state index in [4.69, 9.17) is 11.6 Å². The van der Waals surface area contributed by atoms with Gasteiger partial charge in [-0.25, -0.2) is 0 Å². The normalized spacial score (nSPS) is 13.8. The van der Waals surface area contributed by atoms with Crippen molar-refractivity contribution in [3.8, 4) is 0 Å². The van der Waals surface area contributed by atoms with Gasteiger partial charge in [0.05, 0.1) is 5.69 Å². The van der Waals surface area contributed by atoms with Crippen LogP contribution in [-0.4, -0.2) is 17.5 Å². The molecule has 0 aliphatic heterocycles. The lowest BCUT2D eigenvalue weighted by Gasteiger charge is -2.27. The molecule has 0 unspecified atom stereocenters. The molecule has 1 amide bonds. The molecule has 0 saturated heterocycles. The summed E-state index contributed by atoms with van der Waals surface area (Å²) in [6, 6.07) is 13.5. The number of Topliss-reactive ketones (excluding diaryl/α,β-unsaturated/α-hetero) is 2. The fraction of sp³-hybridized carbons (Fsp3) is 0.0556. The number of hydrogen-bond donors (Lipinski definition) is 0. The molecular weight excluding hydrogens is 441 g/mol. The van der Waals surface area contributed by atoms with Crippen LogP contribution in [0.25, 0.3) is 0 Å². The van der Waals surface area contributed by atoms with E-state index in [9.17, 15) is 14.4 Å². The lowest BCUT2D eigenvalue weighted by Crippen LogP contribution is -2.36. The highest BCUT2D eigenvalue weighted by atomic mass is 127. The van der Waals surface area contributed by atoms with Crippen molar-refractivity contribution in [2.45, 2.75) is 6.92 Å². The predicted molar refractivity (Wildman–Crippen MR) is 100 cm³/mol. The third-order valence-corrected chi connectivity index (χ3v) is 4.67. The van der Waals surface area contributed by atoms with Gasteiger partial charge in [-0.2, -0.15) is 0 Å². The molecule has 24 heavy (non-hydrogen) atoms. The van der Waals surface area contributed by atoms with Crippen LogP contribution in [0.3, 0.4) is 0 Å². The Hall–Kier alpha value is -1.99. The number of nitrogens with zero attached hydrogens (tertiary/aromatic N) is 1. The van der Waals surface area contributed by atoms with Gasteiger partial charge in [0.2, 0.25) is 17.5 Å². The SMILES string of the molecule is CC(=O)N(C1=C(Cl)C(=O)c2ccccc2C1=O)c1cccc(I)c1. The zero-order chi connectivity index (χ0) is 17.4. The summed E-state index contributed by atoms with van der Waals surface area (Å²) in [4.78, 5) is 38.8. The Morgan fingerprint density at radius 2 is 1.62 bits per heavy atom. The Balaban J connectivity index is 2.22. The number of allylic oxidation sites excluding steroid dienone is 2. The van der Waals surface area contributed by atoms with Crippen LogP contribution in [-0.2, 0) is 4.79 Å². The van der Waals surface area contributed by atoms with Crippen molar-refractivity contribution in [2.24, 2.45) is 0 Å². The minimum absolute atomic E-state index is 0.102. The van der Waals surface area contributed by atoms with E-state index in [1.807, 2.05) is 6.07 Å². The Labute approximate surface area is 157 Å². The summed E-state index contributed by atoms with van der Waals surface area (Å²) in [5, 5.41) is -0.243. The highest BCUT2D eigenvalue weighted by Gasteiger charge is 2.36. The van der Waals surface area contributed by atoms with Crippen LogP contribution in [0.2, 0.25) is 0 Å². The summed E-state index contributed by atoms with van der Waals surface area (Å²) in [5.74, 6) is -1.30. The first-order valence-electron chi connectivity index (χ1n) is 7.06. The molecule has 0 heterocycles. The van der Waals surface area contributed by atoms with Crippen molar-refractivity contribution in [1.82, 2.24) is 0 Å². The van der Waals surface area contributed by atoms with E-state index in [0.29, 0.717) is 5.69 Å². The summed E-state index contributed by atoms with van der Waals surface area (Å²) in [6.45, 7) is 1.33. The van der Waals surface area contributed by atoms with Crippen molar-refractivity contribution >= 4 is 57.4 Å². The zero-order valence-electron chi connectivity index (χ0n) is 12.5. The van der Waals surface area contributed by atoms with Gasteiger partial charge in [-0.3, -0.25) is 19.3 Å². The van der Waals surface area contributed by atoms with E-state index in [2.05, 4.69) is 22.6 Å². The van der Waals surface area contributed by atoms with Crippen molar-refractivity contribution < 1.29 is 14.4 Å². The Morgan fingerprint density at radius 3 is 2.21 bits per heavy atom. The second-order valence-electron chi connectivity index (χ2n) is 5.20. The van der Waals surface area contributed by atoms with Gasteiger partial charge in [0.25, 0.3) is 0 Å². The van der Waals surface area contributed by atoms with Crippen molar-refractivity contribution in [3.63, 3.8) is 0 Å². The van der Waals surface area contributed by atoms with E-state index < -0.39 is 17.5 Å². The van der Waals surface area contributed by atoms with Gasteiger partial charge in [0.1, 0.15) is 10.7 Å². The molecule has 0 spiro atoms. The van der Waals surface area contributed by atoms with Gasteiger partial charge in [0, 0.05) is 21.6 Å². The summed E-state index contributed by atoms with van der Waals surface area (Å²) in [5.41, 5.74) is 0.888. The van der Waals surface area contributed by atoms with Crippen LogP contribution in [0, 0.1) is 3.57 Å². The summed E-state index contributed by atoms with van der Waals surface area (Å²) < 4.78 is 0.892. The number of carbonyl (C=O) groups is 3. The quantitative estimate of drug-likeness (QED) is 0.644. The molecule has 0 aromatic heterocycles. The Bertz CT molecular complexity index is 920. The van der Waals surface area contributed by atoms with Gasteiger partial charge >= 0.3 is 0 Å². The molecule has 0 saturated carbocycles. The number of ketones is 2. The summed E-state index contributed by atoms with van der Waals surface area (Å²) in [7, 11) is 0. The van der Waals surface area contributed by atoms with Crippen molar-refractivity contribution in [2.75, 3.05) is 4.90 Å². The van der Waals surface area contributed by atoms with Gasteiger partial charge in [-0.1, -0.05) is 41.9 Å². The molecule has 4 nitrogen and oxygen atoms in total. The number of rotatable bonds is 2. The molecule has 120 valence electrons. The van der Waals surface area contributed by atoms with Gasteiger partial charge < -0.3 is 0 Å². The molecule has 0 atom stereocenters. The smallest absolute Gasteiger partial charge is 0.228 e. The Kier molecular flexibility index (Phi) is 4.56. The number of fused-ring (bicyclic) bond motifs is 1. The van der Waals surface area contributed by atoms with Crippen LogP contribution < -0.4 is 4.90 Å². The zero-order valence-corrected chi connectivity index (χ0v) is 15.5. The molecule has 6 heteroatoms. The number of anilines is 1. The maximum absolute atomic E-state index is 12.9. The first-order valence-corrected chi connectivity index (χ1v) is 8.52. The second-order valence-corrected chi connectivity index (χ2v) is 6.82. The van der Waals surface area contributed by atoms with E-state index in [1.54, 1.807) is 42.5 Å². The second kappa shape index (κ2) is 6.49. The lowest BCUT2D eigenvalue weighted by molar-refractivity contribution is -0.116. The van der Waals surface area contributed by atoms with Crippen LogP contribution >= 0.6 is 34.2 Å². The van der Waals surface area contributed by atoms with E-state index >= 15 is 0 Å². The van der Waals surface area contributed by atoms with E-state index in [-0.39, 0.29) is 21.9 Å². The average molecular weight is 452 g/mol. The third kappa shape index (κ3) is 2.78. The topological polar surface area (TPSA) is 54.5 Å². The predicted octanol–water partition coefficient (Wildman–Crippen LogP) is 4.17. The van der Waals surface area contributed by atoms with Gasteiger partial charge in [-0.05, 0) is 40.8 Å². The minimum Gasteiger partial charge on any atom is -0.287 e. The maximum atomic E-state index is 12.9. The van der Waals surface area contributed by atoms with Crippen molar-refractivity contribution in [1.29, 1.82) is 0 Å². The lowest BCUT2D eigenvalue weighted by atomic mass is 9.91. The largest absolute Gasteiger partial charge is 0.287 e. The number of carbonyl (C=O) groups excluding carboxylic acids is 3. The molecule has 3 rings (SSSR count). The van der Waals surface area contributed by atoms with Gasteiger partial charge in [0.15, 0.2) is 0 Å². The van der Waals surface area contributed by atoms with Crippen LogP contribution in [0.4, 0.5) is 5.69 Å². The van der Waals surface area contributed by atoms with Gasteiger partial charge in [-0.15, -0.1) is 0 Å². The first kappa shape index (κ1) is 16.9. The van der Waals surface area contributed by atoms with Crippen LogP contribution in [0.5, 0.6) is 0 Å².